The number of pyridine rings is 2. The van der Waals surface area contributed by atoms with Crippen molar-refractivity contribution in [2.24, 2.45) is 0 Å². The number of nitrogens with zero attached hydrogens (tertiary/aromatic N) is 6. The molecule has 3 aromatic heterocycles. The summed E-state index contributed by atoms with van der Waals surface area (Å²) in [6.45, 7) is 6.57. The SMILES string of the molecule is COc1cccc(-c2nnc(N(CC[Si](C)(C)C)S(=O)(=O)CC(OC)c3ccc(F)cn3)n2-c2c(OC)cccc2OC)n1. The lowest BCUT2D eigenvalue weighted by molar-refractivity contribution is 0.118. The van der Waals surface area contributed by atoms with Crippen molar-refractivity contribution in [2.75, 3.05) is 45.0 Å². The van der Waals surface area contributed by atoms with Gasteiger partial charge in [0, 0.05) is 27.8 Å². The van der Waals surface area contributed by atoms with E-state index >= 15 is 0 Å². The minimum Gasteiger partial charge on any atom is -0.494 e. The molecule has 236 valence electrons. The van der Waals surface area contributed by atoms with Crippen LogP contribution in [-0.4, -0.2) is 82.0 Å². The number of rotatable bonds is 14. The van der Waals surface area contributed by atoms with Gasteiger partial charge in [-0.1, -0.05) is 31.8 Å². The molecule has 15 heteroatoms. The number of anilines is 1. The van der Waals surface area contributed by atoms with Gasteiger partial charge in [0.1, 0.15) is 40.6 Å². The van der Waals surface area contributed by atoms with Crippen molar-refractivity contribution in [3.63, 3.8) is 0 Å². The van der Waals surface area contributed by atoms with Gasteiger partial charge in [-0.3, -0.25) is 9.55 Å². The lowest BCUT2D eigenvalue weighted by Crippen LogP contribution is -2.40. The lowest BCUT2D eigenvalue weighted by atomic mass is 10.2. The molecule has 4 aromatic rings. The molecule has 0 bridgehead atoms. The van der Waals surface area contributed by atoms with Gasteiger partial charge < -0.3 is 18.9 Å². The number of hydrogen-bond donors (Lipinski definition) is 0. The standard InChI is InChI=1S/C29H37FN6O6SSi/c1-39-23-11-9-12-24(40-2)27(23)36-28(22-10-8-13-26(32-22)42-4)33-34-29(36)35(16-17-44(5,6)7)43(37,38)19-25(41-3)21-15-14-20(30)18-31-21/h8-15,18,25H,16-17,19H2,1-7H3. The van der Waals surface area contributed by atoms with Gasteiger partial charge in [-0.05, 0) is 36.4 Å². The molecule has 1 atom stereocenters. The Kier molecular flexibility index (Phi) is 10.2. The highest BCUT2D eigenvalue weighted by Gasteiger charge is 2.35. The number of sulfonamides is 1. The molecule has 44 heavy (non-hydrogen) atoms. The number of ether oxygens (including phenoxy) is 4. The van der Waals surface area contributed by atoms with E-state index in [1.165, 1.54) is 44.9 Å². The van der Waals surface area contributed by atoms with E-state index in [9.17, 15) is 12.8 Å². The average Bonchev–Trinajstić information content (AvgIpc) is 3.43. The first-order chi connectivity index (χ1) is 20.9. The van der Waals surface area contributed by atoms with Crippen molar-refractivity contribution in [3.05, 3.63) is 66.2 Å². The van der Waals surface area contributed by atoms with E-state index < -0.39 is 35.8 Å². The first kappa shape index (κ1) is 32.8. The topological polar surface area (TPSA) is 131 Å². The Bertz CT molecular complexity index is 1660. The predicted molar refractivity (Wildman–Crippen MR) is 167 cm³/mol. The second kappa shape index (κ2) is 13.7. The highest BCUT2D eigenvalue weighted by molar-refractivity contribution is 7.92. The summed E-state index contributed by atoms with van der Waals surface area (Å²) in [7, 11) is -0.0626. The summed E-state index contributed by atoms with van der Waals surface area (Å²) in [5.41, 5.74) is 1.04. The Balaban J connectivity index is 1.97. The highest BCUT2D eigenvalue weighted by Crippen LogP contribution is 2.39. The van der Waals surface area contributed by atoms with Crippen LogP contribution in [-0.2, 0) is 14.8 Å². The molecular weight excluding hydrogens is 608 g/mol. The summed E-state index contributed by atoms with van der Waals surface area (Å²) < 4.78 is 67.5. The largest absolute Gasteiger partial charge is 0.494 e. The Morgan fingerprint density at radius 1 is 0.932 bits per heavy atom. The van der Waals surface area contributed by atoms with Gasteiger partial charge in [-0.2, -0.15) is 0 Å². The number of aromatic nitrogens is 5. The van der Waals surface area contributed by atoms with Gasteiger partial charge in [0.25, 0.3) is 0 Å². The van der Waals surface area contributed by atoms with Crippen LogP contribution in [0, 0.1) is 5.82 Å². The first-order valence-corrected chi connectivity index (χ1v) is 19.1. The summed E-state index contributed by atoms with van der Waals surface area (Å²) in [6.07, 6.45) is 0.0428. The molecule has 0 fully saturated rings. The summed E-state index contributed by atoms with van der Waals surface area (Å²) in [4.78, 5) is 8.60. The number of benzene rings is 1. The van der Waals surface area contributed by atoms with Crippen molar-refractivity contribution in [3.8, 4) is 34.6 Å². The minimum atomic E-state index is -4.17. The third kappa shape index (κ3) is 7.34. The average molecular weight is 645 g/mol. The van der Waals surface area contributed by atoms with E-state index in [1.54, 1.807) is 41.0 Å². The van der Waals surface area contributed by atoms with Crippen LogP contribution >= 0.6 is 0 Å². The Morgan fingerprint density at radius 3 is 2.18 bits per heavy atom. The maximum Gasteiger partial charge on any atom is 0.246 e. The summed E-state index contributed by atoms with van der Waals surface area (Å²) in [5.74, 6) is 0.330. The smallest absolute Gasteiger partial charge is 0.246 e. The molecule has 1 unspecified atom stereocenters. The fourth-order valence-corrected chi connectivity index (χ4v) is 7.11. The van der Waals surface area contributed by atoms with Gasteiger partial charge in [0.05, 0.1) is 33.2 Å². The second-order valence-electron chi connectivity index (χ2n) is 11.0. The molecule has 12 nitrogen and oxygen atoms in total. The Morgan fingerprint density at radius 2 is 1.61 bits per heavy atom. The third-order valence-electron chi connectivity index (χ3n) is 6.78. The molecule has 0 saturated heterocycles. The van der Waals surface area contributed by atoms with Crippen molar-refractivity contribution in [1.82, 2.24) is 24.7 Å². The van der Waals surface area contributed by atoms with Gasteiger partial charge >= 0.3 is 0 Å². The molecule has 0 radical (unpaired) electrons. The molecule has 4 rings (SSSR count). The number of hydrogen-bond acceptors (Lipinski definition) is 10. The summed E-state index contributed by atoms with van der Waals surface area (Å²) >= 11 is 0. The second-order valence-corrected chi connectivity index (χ2v) is 18.6. The van der Waals surface area contributed by atoms with Crippen LogP contribution in [0.2, 0.25) is 25.7 Å². The van der Waals surface area contributed by atoms with Crippen molar-refractivity contribution < 1.29 is 31.8 Å². The predicted octanol–water partition coefficient (Wildman–Crippen LogP) is 4.75. The van der Waals surface area contributed by atoms with Crippen LogP contribution in [0.4, 0.5) is 10.3 Å². The number of halogens is 1. The molecule has 0 amide bonds. The molecule has 0 aliphatic heterocycles. The minimum absolute atomic E-state index is 0.00703. The van der Waals surface area contributed by atoms with E-state index in [2.05, 4.69) is 39.8 Å². The molecular formula is C29H37FN6O6SSi. The van der Waals surface area contributed by atoms with Crippen LogP contribution in [0.15, 0.2) is 54.7 Å². The van der Waals surface area contributed by atoms with E-state index in [1.807, 2.05) is 0 Å². The van der Waals surface area contributed by atoms with Gasteiger partial charge in [-0.15, -0.1) is 10.2 Å². The van der Waals surface area contributed by atoms with Crippen LogP contribution in [0.25, 0.3) is 17.2 Å². The quantitative estimate of drug-likeness (QED) is 0.177. The zero-order valence-electron chi connectivity index (χ0n) is 25.8. The van der Waals surface area contributed by atoms with Gasteiger partial charge in [0.15, 0.2) is 5.82 Å². The third-order valence-corrected chi connectivity index (χ3v) is 10.2. The fourth-order valence-electron chi connectivity index (χ4n) is 4.45. The van der Waals surface area contributed by atoms with Gasteiger partial charge in [0.2, 0.25) is 21.9 Å². The maximum absolute atomic E-state index is 14.4. The zero-order chi connectivity index (χ0) is 32.1. The molecule has 1 aromatic carbocycles. The fraction of sp³-hybridized carbons (Fsp3) is 0.379. The first-order valence-electron chi connectivity index (χ1n) is 13.7. The van der Waals surface area contributed by atoms with Crippen molar-refractivity contribution in [1.29, 1.82) is 0 Å². The molecule has 0 spiro atoms. The van der Waals surface area contributed by atoms with Crippen LogP contribution in [0.1, 0.15) is 11.8 Å². The molecule has 0 aliphatic carbocycles. The Labute approximate surface area is 257 Å². The van der Waals surface area contributed by atoms with Crippen molar-refractivity contribution >= 4 is 24.0 Å². The molecule has 0 aliphatic rings. The van der Waals surface area contributed by atoms with E-state index in [4.69, 9.17) is 18.9 Å². The summed E-state index contributed by atoms with van der Waals surface area (Å²) in [5, 5.41) is 8.88. The number of para-hydroxylation sites is 1. The van der Waals surface area contributed by atoms with E-state index in [-0.39, 0.29) is 24.0 Å². The van der Waals surface area contributed by atoms with Crippen molar-refractivity contribution in [2.45, 2.75) is 31.8 Å². The Hall–Kier alpha value is -4.08. The normalized spacial score (nSPS) is 12.5. The molecule has 0 N–H and O–H groups in total. The molecule has 3 heterocycles. The monoisotopic (exact) mass is 644 g/mol. The zero-order valence-corrected chi connectivity index (χ0v) is 27.6. The van der Waals surface area contributed by atoms with E-state index in [0.717, 1.165) is 6.20 Å². The highest BCUT2D eigenvalue weighted by atomic mass is 32.2. The molecule has 0 saturated carbocycles. The maximum atomic E-state index is 14.4. The summed E-state index contributed by atoms with van der Waals surface area (Å²) in [6, 6.07) is 13.6. The lowest BCUT2D eigenvalue weighted by Gasteiger charge is -2.28. The van der Waals surface area contributed by atoms with Crippen LogP contribution < -0.4 is 18.5 Å². The van der Waals surface area contributed by atoms with Gasteiger partial charge in [-0.25, -0.2) is 22.1 Å². The van der Waals surface area contributed by atoms with E-state index in [0.29, 0.717) is 34.8 Å². The van der Waals surface area contributed by atoms with Crippen LogP contribution in [0.3, 0.4) is 0 Å². The van der Waals surface area contributed by atoms with Crippen LogP contribution in [0.5, 0.6) is 17.4 Å². The number of methoxy groups -OCH3 is 4.